The quantitative estimate of drug-likeness (QED) is 0.264. The second-order valence-electron chi connectivity index (χ2n) is 7.39. The summed E-state index contributed by atoms with van der Waals surface area (Å²) in [5.74, 6) is 1.17. The predicted molar refractivity (Wildman–Crippen MR) is 117 cm³/mol. The Hall–Kier alpha value is -1.35. The molecule has 0 saturated heterocycles. The molecular weight excluding hydrogens is 371 g/mol. The number of fused-ring (bicyclic) bond motifs is 1. The van der Waals surface area contributed by atoms with Crippen LogP contribution in [0, 0.1) is 5.92 Å². The fraction of sp³-hybridized carbons (Fsp3) is 0.565. The Labute approximate surface area is 170 Å². The highest BCUT2D eigenvalue weighted by Gasteiger charge is 2.36. The number of hydrogen-bond donors (Lipinski definition) is 0. The van der Waals surface area contributed by atoms with Gasteiger partial charge in [-0.1, -0.05) is 57.0 Å². The molecule has 2 aromatic rings. The topological polar surface area (TPSA) is 44.8 Å². The van der Waals surface area contributed by atoms with E-state index in [0.29, 0.717) is 19.8 Å². The maximum Gasteiger partial charge on any atom is 0.333 e. The van der Waals surface area contributed by atoms with Crippen LogP contribution in [0.3, 0.4) is 0 Å². The SMILES string of the molecule is CCOP(=O)(OCC)[C@@H](CCCCCOc1ccc2ccccc2c1)C(C)C. The number of ether oxygens (including phenoxy) is 1. The molecule has 0 aliphatic heterocycles. The summed E-state index contributed by atoms with van der Waals surface area (Å²) < 4.78 is 30.2. The van der Waals surface area contributed by atoms with Crippen molar-refractivity contribution in [1.29, 1.82) is 0 Å². The molecule has 0 aromatic heterocycles. The van der Waals surface area contributed by atoms with Crippen LogP contribution in [0.2, 0.25) is 0 Å². The van der Waals surface area contributed by atoms with E-state index in [1.54, 1.807) is 0 Å². The molecule has 0 bridgehead atoms. The molecule has 1 atom stereocenters. The molecule has 0 saturated carbocycles. The molecule has 0 heterocycles. The minimum atomic E-state index is -3.04. The van der Waals surface area contributed by atoms with E-state index >= 15 is 0 Å². The third-order valence-electron chi connectivity index (χ3n) is 4.93. The van der Waals surface area contributed by atoms with Crippen LogP contribution in [0.5, 0.6) is 5.75 Å². The van der Waals surface area contributed by atoms with Crippen molar-refractivity contribution in [2.45, 2.75) is 59.0 Å². The minimum Gasteiger partial charge on any atom is -0.494 e. The normalized spacial score (nSPS) is 13.2. The molecule has 0 fully saturated rings. The monoisotopic (exact) mass is 406 g/mol. The fourth-order valence-corrected chi connectivity index (χ4v) is 5.93. The van der Waals surface area contributed by atoms with Gasteiger partial charge in [0, 0.05) is 0 Å². The highest BCUT2D eigenvalue weighted by Crippen LogP contribution is 2.57. The van der Waals surface area contributed by atoms with Crippen LogP contribution >= 0.6 is 7.60 Å². The van der Waals surface area contributed by atoms with E-state index in [0.717, 1.165) is 31.4 Å². The maximum absolute atomic E-state index is 13.1. The van der Waals surface area contributed by atoms with Gasteiger partial charge in [0.05, 0.1) is 25.5 Å². The lowest BCUT2D eigenvalue weighted by molar-refractivity contribution is 0.203. The third kappa shape index (κ3) is 6.62. The van der Waals surface area contributed by atoms with Crippen LogP contribution in [0.25, 0.3) is 10.8 Å². The van der Waals surface area contributed by atoms with Gasteiger partial charge in [0.1, 0.15) is 5.75 Å². The van der Waals surface area contributed by atoms with E-state index in [1.807, 2.05) is 32.0 Å². The van der Waals surface area contributed by atoms with Gasteiger partial charge in [0.2, 0.25) is 0 Å². The Kier molecular flexibility index (Phi) is 9.50. The highest BCUT2D eigenvalue weighted by molar-refractivity contribution is 7.54. The van der Waals surface area contributed by atoms with E-state index in [1.165, 1.54) is 10.8 Å². The van der Waals surface area contributed by atoms with Crippen LogP contribution < -0.4 is 4.74 Å². The molecule has 0 spiro atoms. The van der Waals surface area contributed by atoms with Crippen LogP contribution in [0.1, 0.15) is 53.4 Å². The van der Waals surface area contributed by atoms with Gasteiger partial charge in [-0.15, -0.1) is 0 Å². The van der Waals surface area contributed by atoms with Crippen molar-refractivity contribution >= 4 is 18.4 Å². The first kappa shape index (κ1) is 22.9. The molecule has 28 heavy (non-hydrogen) atoms. The summed E-state index contributed by atoms with van der Waals surface area (Å²) >= 11 is 0. The predicted octanol–water partition coefficient (Wildman–Crippen LogP) is 7.07. The van der Waals surface area contributed by atoms with E-state index in [-0.39, 0.29) is 11.6 Å². The summed E-state index contributed by atoms with van der Waals surface area (Å²) in [5, 5.41) is 2.42. The molecule has 0 radical (unpaired) electrons. The molecule has 4 nitrogen and oxygen atoms in total. The van der Waals surface area contributed by atoms with Crippen molar-refractivity contribution in [2.24, 2.45) is 5.92 Å². The Bertz CT molecular complexity index is 749. The molecule has 0 N–H and O–H groups in total. The van der Waals surface area contributed by atoms with Crippen LogP contribution in [0.4, 0.5) is 0 Å². The summed E-state index contributed by atoms with van der Waals surface area (Å²) in [6.45, 7) is 9.45. The molecule has 0 unspecified atom stereocenters. The molecule has 2 rings (SSSR count). The summed E-state index contributed by atoms with van der Waals surface area (Å²) in [7, 11) is -3.04. The smallest absolute Gasteiger partial charge is 0.333 e. The van der Waals surface area contributed by atoms with Crippen molar-refractivity contribution in [3.05, 3.63) is 42.5 Å². The molecule has 156 valence electrons. The van der Waals surface area contributed by atoms with Gasteiger partial charge in [0.25, 0.3) is 0 Å². The number of unbranched alkanes of at least 4 members (excludes halogenated alkanes) is 2. The van der Waals surface area contributed by atoms with Crippen molar-refractivity contribution < 1.29 is 18.3 Å². The first-order valence-electron chi connectivity index (χ1n) is 10.5. The Balaban J connectivity index is 1.77. The lowest BCUT2D eigenvalue weighted by Gasteiger charge is -2.29. The molecule has 0 aliphatic carbocycles. The molecule has 0 aliphatic rings. The third-order valence-corrected chi connectivity index (χ3v) is 7.83. The van der Waals surface area contributed by atoms with E-state index < -0.39 is 7.60 Å². The minimum absolute atomic E-state index is 0.0474. The zero-order chi connectivity index (χ0) is 20.4. The zero-order valence-electron chi connectivity index (χ0n) is 17.7. The van der Waals surface area contributed by atoms with Crippen LogP contribution in [-0.4, -0.2) is 25.5 Å². The molecule has 2 aromatic carbocycles. The second kappa shape index (κ2) is 11.6. The summed E-state index contributed by atoms with van der Waals surface area (Å²) in [4.78, 5) is 0. The van der Waals surface area contributed by atoms with E-state index in [2.05, 4.69) is 38.1 Å². The first-order chi connectivity index (χ1) is 13.5. The Morgan fingerprint density at radius 2 is 1.57 bits per heavy atom. The first-order valence-corrected chi connectivity index (χ1v) is 12.1. The van der Waals surface area contributed by atoms with Crippen molar-refractivity contribution in [3.63, 3.8) is 0 Å². The molecule has 5 heteroatoms. The van der Waals surface area contributed by atoms with Crippen LogP contribution in [0.15, 0.2) is 42.5 Å². The van der Waals surface area contributed by atoms with Crippen molar-refractivity contribution in [3.8, 4) is 5.75 Å². The van der Waals surface area contributed by atoms with Crippen molar-refractivity contribution in [1.82, 2.24) is 0 Å². The van der Waals surface area contributed by atoms with Gasteiger partial charge in [-0.2, -0.15) is 0 Å². The Morgan fingerprint density at radius 1 is 0.893 bits per heavy atom. The van der Waals surface area contributed by atoms with Gasteiger partial charge in [-0.05, 0) is 55.5 Å². The fourth-order valence-electron chi connectivity index (χ4n) is 3.52. The average Bonchev–Trinajstić information content (AvgIpc) is 2.67. The highest BCUT2D eigenvalue weighted by atomic mass is 31.2. The second-order valence-corrected chi connectivity index (χ2v) is 9.65. The lowest BCUT2D eigenvalue weighted by Crippen LogP contribution is -2.19. The van der Waals surface area contributed by atoms with Gasteiger partial charge in [0.15, 0.2) is 0 Å². The van der Waals surface area contributed by atoms with E-state index in [9.17, 15) is 4.57 Å². The Morgan fingerprint density at radius 3 is 2.21 bits per heavy atom. The van der Waals surface area contributed by atoms with Crippen LogP contribution in [-0.2, 0) is 13.6 Å². The lowest BCUT2D eigenvalue weighted by atomic mass is 10.0. The molecule has 0 amide bonds. The summed E-state index contributed by atoms with van der Waals surface area (Å²) in [6, 6.07) is 14.5. The number of hydrogen-bond acceptors (Lipinski definition) is 4. The number of benzene rings is 2. The summed E-state index contributed by atoms with van der Waals surface area (Å²) in [5.41, 5.74) is -0.0474. The standard InChI is InChI=1S/C23H35O4P/c1-5-26-28(24,27-6-2)23(19(3)4)14-8-7-11-17-25-22-16-15-20-12-9-10-13-21(20)18-22/h9-10,12-13,15-16,18-19,23H,5-8,11,14,17H2,1-4H3/t23-/m0/s1. The maximum atomic E-state index is 13.1. The average molecular weight is 407 g/mol. The largest absolute Gasteiger partial charge is 0.494 e. The number of rotatable bonds is 13. The van der Waals surface area contributed by atoms with Gasteiger partial charge >= 0.3 is 7.60 Å². The molecular formula is C23H35O4P. The summed E-state index contributed by atoms with van der Waals surface area (Å²) in [6.07, 6.45) is 3.86. The zero-order valence-corrected chi connectivity index (χ0v) is 18.6. The van der Waals surface area contributed by atoms with Gasteiger partial charge in [-0.25, -0.2) is 0 Å². The van der Waals surface area contributed by atoms with Gasteiger partial charge in [-0.3, -0.25) is 4.57 Å². The van der Waals surface area contributed by atoms with Crippen molar-refractivity contribution in [2.75, 3.05) is 19.8 Å². The van der Waals surface area contributed by atoms with Gasteiger partial charge < -0.3 is 13.8 Å². The van der Waals surface area contributed by atoms with E-state index in [4.69, 9.17) is 13.8 Å².